The average molecular weight is 246 g/mol. The third kappa shape index (κ3) is 2.07. The highest BCUT2D eigenvalue weighted by Gasteiger charge is 2.27. The number of Topliss-reactive ketones (excluding diaryl/α,β-unsaturated/α-hetero) is 1. The van der Waals surface area contributed by atoms with E-state index in [0.29, 0.717) is 12.2 Å². The molecule has 88 valence electrons. The van der Waals surface area contributed by atoms with E-state index in [2.05, 4.69) is 11.4 Å². The second kappa shape index (κ2) is 4.49. The number of furan rings is 1. The van der Waals surface area contributed by atoms with Crippen molar-refractivity contribution < 1.29 is 9.21 Å². The molecular weight excluding hydrogens is 232 g/mol. The summed E-state index contributed by atoms with van der Waals surface area (Å²) in [4.78, 5) is 13.7. The molecule has 2 aromatic heterocycles. The quantitative estimate of drug-likeness (QED) is 0.828. The molecule has 0 radical (unpaired) electrons. The van der Waals surface area contributed by atoms with Crippen molar-refractivity contribution in [3.05, 3.63) is 46.0 Å². The van der Waals surface area contributed by atoms with Crippen molar-refractivity contribution >= 4 is 17.1 Å². The lowest BCUT2D eigenvalue weighted by molar-refractivity contribution is -0.120. The third-order valence-corrected chi connectivity index (χ3v) is 4.40. The zero-order valence-electron chi connectivity index (χ0n) is 9.52. The van der Waals surface area contributed by atoms with Gasteiger partial charge in [0, 0.05) is 17.2 Å². The van der Waals surface area contributed by atoms with Crippen LogP contribution in [0, 0.1) is 0 Å². The molecule has 0 N–H and O–H groups in total. The van der Waals surface area contributed by atoms with E-state index in [1.54, 1.807) is 23.9 Å². The van der Waals surface area contributed by atoms with E-state index in [0.717, 1.165) is 24.8 Å². The van der Waals surface area contributed by atoms with Crippen molar-refractivity contribution in [3.63, 3.8) is 0 Å². The minimum Gasteiger partial charge on any atom is -0.472 e. The van der Waals surface area contributed by atoms with Crippen molar-refractivity contribution in [2.75, 3.05) is 0 Å². The van der Waals surface area contributed by atoms with Crippen LogP contribution >= 0.6 is 11.3 Å². The van der Waals surface area contributed by atoms with Crippen molar-refractivity contribution in [1.29, 1.82) is 0 Å². The first-order valence-corrected chi connectivity index (χ1v) is 6.82. The van der Waals surface area contributed by atoms with Gasteiger partial charge < -0.3 is 4.42 Å². The second-order valence-electron chi connectivity index (χ2n) is 4.52. The van der Waals surface area contributed by atoms with Gasteiger partial charge in [0.05, 0.1) is 12.5 Å². The fourth-order valence-electron chi connectivity index (χ4n) is 2.54. The van der Waals surface area contributed by atoms with Gasteiger partial charge in [-0.25, -0.2) is 0 Å². The van der Waals surface area contributed by atoms with Gasteiger partial charge in [0.2, 0.25) is 0 Å². The average Bonchev–Trinajstić information content (AvgIpc) is 2.97. The smallest absolute Gasteiger partial charge is 0.144 e. The Morgan fingerprint density at radius 2 is 2.41 bits per heavy atom. The molecular formula is C14H14O2S. The molecule has 3 rings (SSSR count). The van der Waals surface area contributed by atoms with Crippen molar-refractivity contribution in [2.24, 2.45) is 0 Å². The van der Waals surface area contributed by atoms with Gasteiger partial charge >= 0.3 is 0 Å². The summed E-state index contributed by atoms with van der Waals surface area (Å²) in [7, 11) is 0. The Balaban J connectivity index is 1.80. The van der Waals surface area contributed by atoms with Crippen LogP contribution in [0.4, 0.5) is 0 Å². The number of hydrogen-bond acceptors (Lipinski definition) is 3. The number of fused-ring (bicyclic) bond motifs is 1. The first-order valence-electron chi connectivity index (χ1n) is 5.94. The molecule has 1 atom stereocenters. The minimum absolute atomic E-state index is 0.111. The van der Waals surface area contributed by atoms with E-state index < -0.39 is 0 Å². The van der Waals surface area contributed by atoms with E-state index in [1.807, 2.05) is 6.07 Å². The first kappa shape index (κ1) is 10.8. The molecule has 1 unspecified atom stereocenters. The summed E-state index contributed by atoms with van der Waals surface area (Å²) in [6.07, 6.45) is 7.06. The Morgan fingerprint density at radius 1 is 1.47 bits per heavy atom. The number of carbonyl (C=O) groups is 1. The summed E-state index contributed by atoms with van der Waals surface area (Å²) in [6.45, 7) is 0. The largest absolute Gasteiger partial charge is 0.472 e. The van der Waals surface area contributed by atoms with Gasteiger partial charge in [-0.2, -0.15) is 0 Å². The van der Waals surface area contributed by atoms with Crippen LogP contribution in [0.25, 0.3) is 0 Å². The summed E-state index contributed by atoms with van der Waals surface area (Å²) in [5.41, 5.74) is 2.26. The second-order valence-corrected chi connectivity index (χ2v) is 5.52. The summed E-state index contributed by atoms with van der Waals surface area (Å²) in [5, 5.41) is 2.11. The van der Waals surface area contributed by atoms with E-state index in [9.17, 15) is 4.79 Å². The van der Waals surface area contributed by atoms with Gasteiger partial charge in [-0.05, 0) is 47.9 Å². The van der Waals surface area contributed by atoms with Crippen LogP contribution in [0.15, 0.2) is 34.5 Å². The Morgan fingerprint density at radius 3 is 3.24 bits per heavy atom. The van der Waals surface area contributed by atoms with Gasteiger partial charge in [0.1, 0.15) is 5.78 Å². The fraction of sp³-hybridized carbons (Fsp3) is 0.357. The summed E-state index contributed by atoms with van der Waals surface area (Å²) < 4.78 is 5.01. The molecule has 17 heavy (non-hydrogen) atoms. The Bertz CT molecular complexity index is 510. The topological polar surface area (TPSA) is 30.2 Å². The predicted molar refractivity (Wildman–Crippen MR) is 67.4 cm³/mol. The van der Waals surface area contributed by atoms with Crippen molar-refractivity contribution in [2.45, 2.75) is 31.6 Å². The van der Waals surface area contributed by atoms with Crippen molar-refractivity contribution in [1.82, 2.24) is 0 Å². The number of thiophene rings is 1. The molecule has 0 aromatic carbocycles. The van der Waals surface area contributed by atoms with Crippen LogP contribution in [0.1, 0.15) is 34.8 Å². The molecule has 2 aromatic rings. The molecule has 0 bridgehead atoms. The summed E-state index contributed by atoms with van der Waals surface area (Å²) in [6, 6.07) is 3.99. The highest BCUT2D eigenvalue weighted by atomic mass is 32.1. The maximum Gasteiger partial charge on any atom is 0.144 e. The maximum absolute atomic E-state index is 12.3. The fourth-order valence-corrected chi connectivity index (χ4v) is 3.53. The third-order valence-electron chi connectivity index (χ3n) is 3.40. The van der Waals surface area contributed by atoms with Crippen LogP contribution in [0.2, 0.25) is 0 Å². The van der Waals surface area contributed by atoms with Gasteiger partial charge in [-0.1, -0.05) is 0 Å². The zero-order valence-corrected chi connectivity index (χ0v) is 10.3. The lowest BCUT2D eigenvalue weighted by atomic mass is 9.83. The molecule has 2 heterocycles. The molecule has 0 aliphatic heterocycles. The Hall–Kier alpha value is -1.35. The normalized spacial score (nSPS) is 18.9. The van der Waals surface area contributed by atoms with Crippen LogP contribution in [-0.4, -0.2) is 5.78 Å². The molecule has 1 aliphatic carbocycles. The lowest BCUT2D eigenvalue weighted by Gasteiger charge is -2.21. The highest BCUT2D eigenvalue weighted by molar-refractivity contribution is 7.10. The standard InChI is InChI=1S/C14H14O2S/c15-13(8-10-4-6-16-9-10)11-2-1-3-14-12(11)5-7-17-14/h4-7,9,11H,1-3,8H2. The number of aryl methyl sites for hydroxylation is 1. The molecule has 1 aliphatic rings. The molecule has 0 saturated carbocycles. The van der Waals surface area contributed by atoms with Crippen LogP contribution in [0.3, 0.4) is 0 Å². The van der Waals surface area contributed by atoms with E-state index in [1.165, 1.54) is 10.4 Å². The highest BCUT2D eigenvalue weighted by Crippen LogP contribution is 2.36. The number of carbonyl (C=O) groups excluding carboxylic acids is 1. The van der Waals surface area contributed by atoms with Crippen molar-refractivity contribution in [3.8, 4) is 0 Å². The van der Waals surface area contributed by atoms with Crippen LogP contribution in [-0.2, 0) is 17.6 Å². The number of rotatable bonds is 3. The summed E-state index contributed by atoms with van der Waals surface area (Å²) >= 11 is 1.78. The van der Waals surface area contributed by atoms with Gasteiger partial charge in [-0.3, -0.25) is 4.79 Å². The Labute approximate surface area is 104 Å². The van der Waals surface area contributed by atoms with E-state index >= 15 is 0 Å². The van der Waals surface area contributed by atoms with Crippen LogP contribution < -0.4 is 0 Å². The lowest BCUT2D eigenvalue weighted by Crippen LogP contribution is -2.18. The van der Waals surface area contributed by atoms with Gasteiger partial charge in [0.25, 0.3) is 0 Å². The van der Waals surface area contributed by atoms with Gasteiger partial charge in [-0.15, -0.1) is 11.3 Å². The Kier molecular flexibility index (Phi) is 2.85. The first-order chi connectivity index (χ1) is 8.34. The van der Waals surface area contributed by atoms with E-state index in [-0.39, 0.29) is 5.92 Å². The maximum atomic E-state index is 12.3. The monoisotopic (exact) mass is 246 g/mol. The summed E-state index contributed by atoms with van der Waals surface area (Å²) in [5.74, 6) is 0.436. The molecule has 0 spiro atoms. The molecule has 0 fully saturated rings. The van der Waals surface area contributed by atoms with Crippen LogP contribution in [0.5, 0.6) is 0 Å². The molecule has 2 nitrogen and oxygen atoms in total. The minimum atomic E-state index is 0.111. The zero-order chi connectivity index (χ0) is 11.7. The predicted octanol–water partition coefficient (Wildman–Crippen LogP) is 3.57. The van der Waals surface area contributed by atoms with E-state index in [4.69, 9.17) is 4.42 Å². The molecule has 0 saturated heterocycles. The number of ketones is 1. The molecule has 3 heteroatoms. The number of hydrogen-bond donors (Lipinski definition) is 0. The van der Waals surface area contributed by atoms with Gasteiger partial charge in [0.15, 0.2) is 0 Å². The SMILES string of the molecule is O=C(Cc1ccoc1)C1CCCc2sccc21. The molecule has 0 amide bonds.